The summed E-state index contributed by atoms with van der Waals surface area (Å²) in [7, 11) is 0. The van der Waals surface area contributed by atoms with Crippen LogP contribution in [-0.4, -0.2) is 21.5 Å². The lowest BCUT2D eigenvalue weighted by Gasteiger charge is -2.06. The van der Waals surface area contributed by atoms with Crippen molar-refractivity contribution in [2.24, 2.45) is 5.73 Å². The largest absolute Gasteiger partial charge is 0.388 e. The minimum absolute atomic E-state index is 0.232. The average molecular weight is 276 g/mol. The van der Waals surface area contributed by atoms with Gasteiger partial charge >= 0.3 is 0 Å². The number of hydrogen-bond donors (Lipinski definition) is 2. The van der Waals surface area contributed by atoms with Crippen molar-refractivity contribution in [3.8, 4) is 0 Å². The molecule has 1 aromatic carbocycles. The third-order valence-corrected chi connectivity index (χ3v) is 2.70. The molecular formula is C13H13FN4S. The number of anilines is 1. The van der Waals surface area contributed by atoms with Crippen molar-refractivity contribution in [3.63, 3.8) is 0 Å². The number of rotatable bonds is 5. The molecule has 1 aromatic heterocycles. The number of benzene rings is 1. The fourth-order valence-electron chi connectivity index (χ4n) is 1.59. The van der Waals surface area contributed by atoms with E-state index in [1.54, 1.807) is 18.3 Å². The summed E-state index contributed by atoms with van der Waals surface area (Å²) in [4.78, 5) is 8.45. The predicted molar refractivity (Wildman–Crippen MR) is 76.5 cm³/mol. The van der Waals surface area contributed by atoms with E-state index in [0.29, 0.717) is 24.6 Å². The van der Waals surface area contributed by atoms with Gasteiger partial charge in [0, 0.05) is 12.7 Å². The molecule has 6 heteroatoms. The molecule has 1 heterocycles. The molecule has 0 spiro atoms. The van der Waals surface area contributed by atoms with E-state index in [-0.39, 0.29) is 10.8 Å². The molecule has 2 rings (SSSR count). The number of nitrogens with one attached hydrogen (secondary N) is 1. The Kier molecular flexibility index (Phi) is 4.35. The van der Waals surface area contributed by atoms with Gasteiger partial charge in [-0.15, -0.1) is 0 Å². The highest BCUT2D eigenvalue weighted by atomic mass is 32.1. The topological polar surface area (TPSA) is 63.8 Å². The maximum Gasteiger partial charge on any atom is 0.223 e. The van der Waals surface area contributed by atoms with Gasteiger partial charge in [-0.3, -0.25) is 0 Å². The van der Waals surface area contributed by atoms with Crippen molar-refractivity contribution in [1.82, 2.24) is 9.97 Å². The zero-order chi connectivity index (χ0) is 13.7. The zero-order valence-corrected chi connectivity index (χ0v) is 11.0. The summed E-state index contributed by atoms with van der Waals surface area (Å²) in [5, 5.41) is 3.05. The van der Waals surface area contributed by atoms with Crippen LogP contribution in [0.4, 0.5) is 10.3 Å². The molecule has 98 valence electrons. The molecule has 0 aliphatic carbocycles. The van der Waals surface area contributed by atoms with E-state index in [4.69, 9.17) is 18.0 Å². The van der Waals surface area contributed by atoms with Gasteiger partial charge in [-0.1, -0.05) is 24.4 Å². The molecule has 2 aromatic rings. The Bertz CT molecular complexity index is 588. The zero-order valence-electron chi connectivity index (χ0n) is 10.1. The van der Waals surface area contributed by atoms with E-state index in [1.807, 2.05) is 6.07 Å². The molecule has 0 aliphatic rings. The first-order valence-corrected chi connectivity index (χ1v) is 6.17. The van der Waals surface area contributed by atoms with Crippen LogP contribution >= 0.6 is 12.2 Å². The number of aromatic nitrogens is 2. The first kappa shape index (κ1) is 13.4. The van der Waals surface area contributed by atoms with E-state index in [0.717, 1.165) is 5.56 Å². The van der Waals surface area contributed by atoms with Crippen molar-refractivity contribution in [2.45, 2.75) is 6.42 Å². The van der Waals surface area contributed by atoms with Crippen molar-refractivity contribution >= 4 is 23.2 Å². The Hall–Kier alpha value is -2.08. The molecule has 4 nitrogen and oxygen atoms in total. The third kappa shape index (κ3) is 3.96. The van der Waals surface area contributed by atoms with E-state index in [2.05, 4.69) is 15.3 Å². The SMILES string of the molecule is NC(=S)c1ccnc(NCCc2cccc(F)c2)n1. The van der Waals surface area contributed by atoms with Gasteiger partial charge in [-0.05, 0) is 30.2 Å². The van der Waals surface area contributed by atoms with Crippen LogP contribution in [0, 0.1) is 5.82 Å². The quantitative estimate of drug-likeness (QED) is 0.817. The normalized spacial score (nSPS) is 10.2. The summed E-state index contributed by atoms with van der Waals surface area (Å²) in [6.45, 7) is 0.601. The summed E-state index contributed by atoms with van der Waals surface area (Å²) in [5.74, 6) is 0.228. The molecule has 0 atom stereocenters. The number of hydrogen-bond acceptors (Lipinski definition) is 4. The standard InChI is InChI=1S/C13H13FN4S/c14-10-3-1-2-9(8-10)4-6-16-13-17-7-5-11(18-13)12(15)19/h1-3,5,7-8H,4,6H2,(H2,15,19)(H,16,17,18). The van der Waals surface area contributed by atoms with Gasteiger partial charge in [0.15, 0.2) is 0 Å². The lowest BCUT2D eigenvalue weighted by Crippen LogP contribution is -2.14. The Balaban J connectivity index is 1.92. The number of halogens is 1. The van der Waals surface area contributed by atoms with Crippen LogP contribution in [-0.2, 0) is 6.42 Å². The van der Waals surface area contributed by atoms with Crippen molar-refractivity contribution in [1.29, 1.82) is 0 Å². The summed E-state index contributed by atoms with van der Waals surface area (Å²) >= 11 is 4.84. The van der Waals surface area contributed by atoms with Crippen LogP contribution in [0.2, 0.25) is 0 Å². The molecule has 0 radical (unpaired) electrons. The Morgan fingerprint density at radius 3 is 2.95 bits per heavy atom. The first-order valence-electron chi connectivity index (χ1n) is 5.76. The van der Waals surface area contributed by atoms with Gasteiger partial charge in [0.25, 0.3) is 0 Å². The van der Waals surface area contributed by atoms with Gasteiger partial charge in [0.05, 0.1) is 0 Å². The predicted octanol–water partition coefficient (Wildman–Crippen LogP) is 1.90. The number of thiocarbonyl (C=S) groups is 1. The van der Waals surface area contributed by atoms with E-state index in [9.17, 15) is 4.39 Å². The molecule has 0 saturated carbocycles. The highest BCUT2D eigenvalue weighted by molar-refractivity contribution is 7.80. The smallest absolute Gasteiger partial charge is 0.223 e. The fraction of sp³-hybridized carbons (Fsp3) is 0.154. The number of nitrogens with two attached hydrogens (primary N) is 1. The Morgan fingerprint density at radius 2 is 2.21 bits per heavy atom. The minimum Gasteiger partial charge on any atom is -0.388 e. The summed E-state index contributed by atoms with van der Waals surface area (Å²) < 4.78 is 13.0. The van der Waals surface area contributed by atoms with Crippen LogP contribution in [0.3, 0.4) is 0 Å². The minimum atomic E-state index is -0.232. The second-order valence-electron chi connectivity index (χ2n) is 3.94. The van der Waals surface area contributed by atoms with Crippen molar-refractivity contribution in [3.05, 3.63) is 53.6 Å². The number of nitrogens with zero attached hydrogens (tertiary/aromatic N) is 2. The van der Waals surface area contributed by atoms with Crippen LogP contribution in [0.15, 0.2) is 36.5 Å². The van der Waals surface area contributed by atoms with Gasteiger partial charge in [-0.2, -0.15) is 0 Å². The van der Waals surface area contributed by atoms with Crippen molar-refractivity contribution < 1.29 is 4.39 Å². The second kappa shape index (κ2) is 6.19. The molecule has 0 unspecified atom stereocenters. The second-order valence-corrected chi connectivity index (χ2v) is 4.38. The molecule has 0 bridgehead atoms. The van der Waals surface area contributed by atoms with Crippen LogP contribution in [0.1, 0.15) is 11.3 Å². The molecule has 19 heavy (non-hydrogen) atoms. The van der Waals surface area contributed by atoms with E-state index < -0.39 is 0 Å². The monoisotopic (exact) mass is 276 g/mol. The average Bonchev–Trinajstić information content (AvgIpc) is 2.39. The first-order chi connectivity index (χ1) is 9.15. The maximum absolute atomic E-state index is 13.0. The third-order valence-electron chi connectivity index (χ3n) is 2.49. The highest BCUT2D eigenvalue weighted by Gasteiger charge is 2.01. The van der Waals surface area contributed by atoms with Crippen LogP contribution < -0.4 is 11.1 Å². The molecule has 0 aliphatic heterocycles. The van der Waals surface area contributed by atoms with Crippen LogP contribution in [0.25, 0.3) is 0 Å². The lowest BCUT2D eigenvalue weighted by atomic mass is 10.1. The highest BCUT2D eigenvalue weighted by Crippen LogP contribution is 2.05. The molecule has 0 amide bonds. The fourth-order valence-corrected chi connectivity index (χ4v) is 1.71. The Morgan fingerprint density at radius 1 is 1.37 bits per heavy atom. The van der Waals surface area contributed by atoms with Gasteiger partial charge in [0.1, 0.15) is 16.5 Å². The molecule has 0 fully saturated rings. The molecule has 0 saturated heterocycles. The van der Waals surface area contributed by atoms with E-state index >= 15 is 0 Å². The maximum atomic E-state index is 13.0. The summed E-state index contributed by atoms with van der Waals surface area (Å²) in [6.07, 6.45) is 2.27. The van der Waals surface area contributed by atoms with Gasteiger partial charge in [-0.25, -0.2) is 14.4 Å². The van der Waals surface area contributed by atoms with Gasteiger partial charge in [0.2, 0.25) is 5.95 Å². The lowest BCUT2D eigenvalue weighted by molar-refractivity contribution is 0.625. The van der Waals surface area contributed by atoms with Crippen molar-refractivity contribution in [2.75, 3.05) is 11.9 Å². The summed E-state index contributed by atoms with van der Waals surface area (Å²) in [6, 6.07) is 8.14. The van der Waals surface area contributed by atoms with Gasteiger partial charge < -0.3 is 11.1 Å². The van der Waals surface area contributed by atoms with Crippen LogP contribution in [0.5, 0.6) is 0 Å². The van der Waals surface area contributed by atoms with E-state index in [1.165, 1.54) is 12.1 Å². The molecule has 3 N–H and O–H groups in total. The summed E-state index contributed by atoms with van der Waals surface area (Å²) in [5.41, 5.74) is 6.93. The molecular weight excluding hydrogens is 263 g/mol. The Labute approximate surface area is 115 Å².